The number of piperazine rings is 1. The number of hydrogen-bond donors (Lipinski definition) is 0. The maximum absolute atomic E-state index is 13.2. The minimum absolute atomic E-state index is 0.0203. The van der Waals surface area contributed by atoms with Gasteiger partial charge in [-0.15, -0.1) is 0 Å². The minimum atomic E-state index is 0.0203. The molecule has 2 heterocycles. The SMILES string of the molecule is Cc1ccc(-n2nc(C)cc2C(=O)N2CCN(c3cccc(Cl)c3)CC2)cc1. The topological polar surface area (TPSA) is 41.4 Å². The molecule has 1 aromatic heterocycles. The van der Waals surface area contributed by atoms with Gasteiger partial charge in [0.25, 0.3) is 5.91 Å². The van der Waals surface area contributed by atoms with Crippen molar-refractivity contribution in [1.82, 2.24) is 14.7 Å². The van der Waals surface area contributed by atoms with Crippen molar-refractivity contribution < 1.29 is 4.79 Å². The van der Waals surface area contributed by atoms with Crippen molar-refractivity contribution in [1.29, 1.82) is 0 Å². The molecule has 5 nitrogen and oxygen atoms in total. The lowest BCUT2D eigenvalue weighted by Crippen LogP contribution is -2.49. The van der Waals surface area contributed by atoms with Crippen LogP contribution in [0, 0.1) is 13.8 Å². The van der Waals surface area contributed by atoms with Gasteiger partial charge in [-0.25, -0.2) is 4.68 Å². The Hall–Kier alpha value is -2.79. The van der Waals surface area contributed by atoms with Crippen molar-refractivity contribution in [3.63, 3.8) is 0 Å². The van der Waals surface area contributed by atoms with Gasteiger partial charge in [-0.05, 0) is 50.2 Å². The van der Waals surface area contributed by atoms with E-state index < -0.39 is 0 Å². The number of amides is 1. The number of benzene rings is 2. The number of carbonyl (C=O) groups is 1. The second-order valence-corrected chi connectivity index (χ2v) is 7.61. The van der Waals surface area contributed by atoms with Crippen LogP contribution in [0.1, 0.15) is 21.7 Å². The fourth-order valence-electron chi connectivity index (χ4n) is 3.54. The Kier molecular flexibility index (Phi) is 5.09. The maximum atomic E-state index is 13.2. The third kappa shape index (κ3) is 3.76. The fraction of sp³-hybridized carbons (Fsp3) is 0.273. The third-order valence-corrected chi connectivity index (χ3v) is 5.30. The standard InChI is InChI=1S/C22H23ClN4O/c1-16-6-8-19(9-7-16)27-21(14-17(2)24-27)22(28)26-12-10-25(11-13-26)20-5-3-4-18(23)15-20/h3-9,14-15H,10-13H2,1-2H3. The summed E-state index contributed by atoms with van der Waals surface area (Å²) in [6.07, 6.45) is 0. The van der Waals surface area contributed by atoms with E-state index in [1.165, 1.54) is 5.56 Å². The molecule has 0 spiro atoms. The number of rotatable bonds is 3. The van der Waals surface area contributed by atoms with E-state index in [0.29, 0.717) is 18.8 Å². The molecule has 0 atom stereocenters. The van der Waals surface area contributed by atoms with Gasteiger partial charge >= 0.3 is 0 Å². The molecule has 0 bridgehead atoms. The van der Waals surface area contributed by atoms with Gasteiger partial charge in [0, 0.05) is 36.9 Å². The van der Waals surface area contributed by atoms with Crippen molar-refractivity contribution in [2.24, 2.45) is 0 Å². The molecule has 0 radical (unpaired) electrons. The van der Waals surface area contributed by atoms with Gasteiger partial charge in [0.15, 0.2) is 0 Å². The first-order chi connectivity index (χ1) is 13.5. The second kappa shape index (κ2) is 7.68. The number of anilines is 1. The van der Waals surface area contributed by atoms with Crippen molar-refractivity contribution >= 4 is 23.2 Å². The zero-order valence-electron chi connectivity index (χ0n) is 16.1. The molecule has 0 unspecified atom stereocenters. The third-order valence-electron chi connectivity index (χ3n) is 5.07. The Bertz CT molecular complexity index is 988. The van der Waals surface area contributed by atoms with E-state index in [-0.39, 0.29) is 5.91 Å². The van der Waals surface area contributed by atoms with Gasteiger partial charge < -0.3 is 9.80 Å². The molecule has 2 aromatic carbocycles. The minimum Gasteiger partial charge on any atom is -0.368 e. The van der Waals surface area contributed by atoms with Crippen LogP contribution in [-0.4, -0.2) is 46.8 Å². The van der Waals surface area contributed by atoms with E-state index >= 15 is 0 Å². The highest BCUT2D eigenvalue weighted by Crippen LogP contribution is 2.22. The molecule has 0 aliphatic carbocycles. The Balaban J connectivity index is 1.51. The highest BCUT2D eigenvalue weighted by Gasteiger charge is 2.25. The predicted molar refractivity (Wildman–Crippen MR) is 113 cm³/mol. The van der Waals surface area contributed by atoms with Gasteiger partial charge in [-0.1, -0.05) is 35.4 Å². The van der Waals surface area contributed by atoms with E-state index in [9.17, 15) is 4.79 Å². The maximum Gasteiger partial charge on any atom is 0.272 e. The molecule has 1 saturated heterocycles. The van der Waals surface area contributed by atoms with Crippen molar-refractivity contribution in [2.75, 3.05) is 31.1 Å². The van der Waals surface area contributed by atoms with E-state index in [1.807, 2.05) is 67.3 Å². The smallest absolute Gasteiger partial charge is 0.272 e. The number of aromatic nitrogens is 2. The summed E-state index contributed by atoms with van der Waals surface area (Å²) in [4.78, 5) is 17.4. The van der Waals surface area contributed by atoms with E-state index in [0.717, 1.165) is 35.2 Å². The average Bonchev–Trinajstić information content (AvgIpc) is 3.10. The summed E-state index contributed by atoms with van der Waals surface area (Å²) >= 11 is 6.11. The van der Waals surface area contributed by atoms with Gasteiger partial charge in [-0.3, -0.25) is 4.79 Å². The Morgan fingerprint density at radius 2 is 1.64 bits per heavy atom. The first-order valence-corrected chi connectivity index (χ1v) is 9.82. The lowest BCUT2D eigenvalue weighted by atomic mass is 10.2. The van der Waals surface area contributed by atoms with Crippen molar-refractivity contribution in [3.8, 4) is 5.69 Å². The number of halogens is 1. The average molecular weight is 395 g/mol. The summed E-state index contributed by atoms with van der Waals surface area (Å²) in [6, 6.07) is 17.8. The Morgan fingerprint density at radius 3 is 2.32 bits per heavy atom. The van der Waals surface area contributed by atoms with E-state index in [1.54, 1.807) is 4.68 Å². The zero-order chi connectivity index (χ0) is 19.7. The quantitative estimate of drug-likeness (QED) is 0.671. The van der Waals surface area contributed by atoms with E-state index in [4.69, 9.17) is 11.6 Å². The number of nitrogens with zero attached hydrogens (tertiary/aromatic N) is 4. The lowest BCUT2D eigenvalue weighted by molar-refractivity contribution is 0.0737. The summed E-state index contributed by atoms with van der Waals surface area (Å²) < 4.78 is 1.75. The molecular formula is C22H23ClN4O. The van der Waals surface area contributed by atoms with Crippen LogP contribution >= 0.6 is 11.6 Å². The summed E-state index contributed by atoms with van der Waals surface area (Å²) in [7, 11) is 0. The molecule has 3 aromatic rings. The van der Waals surface area contributed by atoms with Crippen LogP contribution in [0.5, 0.6) is 0 Å². The molecule has 6 heteroatoms. The fourth-order valence-corrected chi connectivity index (χ4v) is 3.72. The normalized spacial score (nSPS) is 14.4. The summed E-state index contributed by atoms with van der Waals surface area (Å²) in [6.45, 7) is 6.86. The van der Waals surface area contributed by atoms with Gasteiger partial charge in [0.1, 0.15) is 5.69 Å². The van der Waals surface area contributed by atoms with Crippen LogP contribution in [0.3, 0.4) is 0 Å². The second-order valence-electron chi connectivity index (χ2n) is 7.18. The Labute approximate surface area is 170 Å². The molecule has 144 valence electrons. The van der Waals surface area contributed by atoms with Gasteiger partial charge in [0.05, 0.1) is 11.4 Å². The molecule has 1 fully saturated rings. The number of carbonyl (C=O) groups excluding carboxylic acids is 1. The van der Waals surface area contributed by atoms with Crippen molar-refractivity contribution in [3.05, 3.63) is 76.6 Å². The highest BCUT2D eigenvalue weighted by molar-refractivity contribution is 6.30. The van der Waals surface area contributed by atoms with Gasteiger partial charge in [0.2, 0.25) is 0 Å². The molecule has 0 saturated carbocycles. The first kappa shape index (κ1) is 18.6. The molecule has 28 heavy (non-hydrogen) atoms. The lowest BCUT2D eigenvalue weighted by Gasteiger charge is -2.36. The monoisotopic (exact) mass is 394 g/mol. The molecule has 1 aliphatic heterocycles. The van der Waals surface area contributed by atoms with Crippen molar-refractivity contribution in [2.45, 2.75) is 13.8 Å². The molecular weight excluding hydrogens is 372 g/mol. The Morgan fingerprint density at radius 1 is 0.929 bits per heavy atom. The van der Waals surface area contributed by atoms with Gasteiger partial charge in [-0.2, -0.15) is 5.10 Å². The van der Waals surface area contributed by atoms with Crippen LogP contribution in [0.2, 0.25) is 5.02 Å². The molecule has 1 aliphatic rings. The molecule has 1 amide bonds. The molecule has 0 N–H and O–H groups in total. The van der Waals surface area contributed by atoms with Crippen LogP contribution < -0.4 is 4.90 Å². The number of aryl methyl sites for hydroxylation is 2. The highest BCUT2D eigenvalue weighted by atomic mass is 35.5. The van der Waals surface area contributed by atoms with Crippen LogP contribution in [-0.2, 0) is 0 Å². The first-order valence-electron chi connectivity index (χ1n) is 9.45. The number of hydrogen-bond acceptors (Lipinski definition) is 3. The van der Waals surface area contributed by atoms with Crippen LogP contribution in [0.4, 0.5) is 5.69 Å². The molecule has 4 rings (SSSR count). The predicted octanol–water partition coefficient (Wildman–Crippen LogP) is 4.10. The van der Waals surface area contributed by atoms with Crippen LogP contribution in [0.15, 0.2) is 54.6 Å². The largest absolute Gasteiger partial charge is 0.368 e. The summed E-state index contributed by atoms with van der Waals surface area (Å²) in [5.41, 5.74) is 4.62. The van der Waals surface area contributed by atoms with E-state index in [2.05, 4.69) is 16.1 Å². The summed E-state index contributed by atoms with van der Waals surface area (Å²) in [5, 5.41) is 5.27. The summed E-state index contributed by atoms with van der Waals surface area (Å²) in [5.74, 6) is 0.0203. The van der Waals surface area contributed by atoms with Crippen LogP contribution in [0.25, 0.3) is 5.69 Å². The zero-order valence-corrected chi connectivity index (χ0v) is 16.9.